The van der Waals surface area contributed by atoms with Crippen molar-refractivity contribution in [2.75, 3.05) is 13.2 Å². The number of esters is 1. The number of alkyl halides is 4. The molecule has 0 spiro atoms. The van der Waals surface area contributed by atoms with Gasteiger partial charge in [-0.25, -0.2) is 0 Å². The first-order chi connectivity index (χ1) is 8.66. The quantitative estimate of drug-likeness (QED) is 0.406. The maximum absolute atomic E-state index is 12.4. The van der Waals surface area contributed by atoms with Crippen molar-refractivity contribution in [2.24, 2.45) is 0 Å². The molecule has 0 aromatic rings. The summed E-state index contributed by atoms with van der Waals surface area (Å²) >= 11 is 11.0. The minimum absolute atomic E-state index is 0. The highest BCUT2D eigenvalue weighted by Gasteiger charge is 2.40. The van der Waals surface area contributed by atoms with Crippen molar-refractivity contribution in [3.63, 3.8) is 0 Å². The van der Waals surface area contributed by atoms with Crippen LogP contribution < -0.4 is 0 Å². The molecule has 0 aliphatic rings. The van der Waals surface area contributed by atoms with Gasteiger partial charge in [-0.05, 0) is 25.6 Å². The van der Waals surface area contributed by atoms with Gasteiger partial charge < -0.3 is 9.47 Å². The highest BCUT2D eigenvalue weighted by Crippen LogP contribution is 2.32. The van der Waals surface area contributed by atoms with E-state index < -0.39 is 29.2 Å². The maximum atomic E-state index is 12.4. The van der Waals surface area contributed by atoms with Crippen molar-refractivity contribution in [2.45, 2.75) is 44.5 Å². The number of carbonyl (C=O) groups is 1. The molecule has 0 bridgehead atoms. The molecular weight excluding hydrogens is 337 g/mol. The molecule has 0 saturated carbocycles. The van der Waals surface area contributed by atoms with Crippen molar-refractivity contribution in [1.29, 1.82) is 0 Å². The summed E-state index contributed by atoms with van der Waals surface area (Å²) in [6.07, 6.45) is -4.93. The summed E-state index contributed by atoms with van der Waals surface area (Å²) in [4.78, 5) is 10.7. The van der Waals surface area contributed by atoms with Crippen LogP contribution in [0.25, 0.3) is 0 Å². The third-order valence-corrected chi connectivity index (χ3v) is 3.63. The van der Waals surface area contributed by atoms with E-state index in [2.05, 4.69) is 0 Å². The molecule has 0 N–H and O–H groups in total. The maximum Gasteiger partial charge on any atom is 0.404 e. The molecular formula is C11H18ClF3O3S2. The lowest BCUT2D eigenvalue weighted by Crippen LogP contribution is -2.29. The lowest BCUT2D eigenvalue weighted by Gasteiger charge is -2.20. The Labute approximate surface area is 131 Å². The van der Waals surface area contributed by atoms with Crippen LogP contribution >= 0.6 is 35.6 Å². The van der Waals surface area contributed by atoms with Crippen LogP contribution in [-0.4, -0.2) is 40.4 Å². The van der Waals surface area contributed by atoms with E-state index in [1.807, 2.05) is 0 Å². The fourth-order valence-corrected chi connectivity index (χ4v) is 2.74. The first-order valence-electron chi connectivity index (χ1n) is 5.34. The number of ether oxygens (including phenoxy) is 2. The summed E-state index contributed by atoms with van der Waals surface area (Å²) in [5.41, 5.74) is 0. The molecule has 20 heavy (non-hydrogen) atoms. The predicted octanol–water partition coefficient (Wildman–Crippen LogP) is 4.17. The number of carbonyl (C=O) groups excluding carboxylic acids is 1. The van der Waals surface area contributed by atoms with Crippen LogP contribution in [0.5, 0.6) is 0 Å². The molecule has 0 radical (unpaired) electrons. The Morgan fingerprint density at radius 3 is 2.35 bits per heavy atom. The van der Waals surface area contributed by atoms with E-state index in [-0.39, 0.29) is 18.4 Å². The Morgan fingerprint density at radius 1 is 1.40 bits per heavy atom. The van der Waals surface area contributed by atoms with E-state index >= 15 is 0 Å². The predicted molar refractivity (Wildman–Crippen MR) is 79.3 cm³/mol. The van der Waals surface area contributed by atoms with Gasteiger partial charge >= 0.3 is 12.1 Å². The third-order valence-electron chi connectivity index (χ3n) is 1.82. The molecule has 2 unspecified atom stereocenters. The SMILES string of the molecule is C.CCOC(=S)SC(COC(C)=O)CC(Cl)C(F)(F)F. The Bertz CT molecular complexity index is 314. The average Bonchev–Trinajstić information content (AvgIpc) is 2.24. The minimum atomic E-state index is -4.51. The van der Waals surface area contributed by atoms with Crippen LogP contribution in [0.15, 0.2) is 0 Å². The summed E-state index contributed by atoms with van der Waals surface area (Å²) in [7, 11) is 0. The molecule has 0 amide bonds. The van der Waals surface area contributed by atoms with Crippen LogP contribution in [-0.2, 0) is 14.3 Å². The highest BCUT2D eigenvalue weighted by molar-refractivity contribution is 8.23. The van der Waals surface area contributed by atoms with Gasteiger partial charge in [-0.15, -0.1) is 11.6 Å². The van der Waals surface area contributed by atoms with Crippen LogP contribution in [0.3, 0.4) is 0 Å². The van der Waals surface area contributed by atoms with E-state index in [0.717, 1.165) is 11.8 Å². The number of hydrogen-bond donors (Lipinski definition) is 0. The van der Waals surface area contributed by atoms with Gasteiger partial charge in [0.15, 0.2) is 0 Å². The second kappa shape index (κ2) is 10.5. The Morgan fingerprint density at radius 2 is 1.95 bits per heavy atom. The molecule has 120 valence electrons. The van der Waals surface area contributed by atoms with Gasteiger partial charge in [0.1, 0.15) is 12.0 Å². The first-order valence-corrected chi connectivity index (χ1v) is 7.06. The summed E-state index contributed by atoms with van der Waals surface area (Å²) in [5.74, 6) is -0.578. The summed E-state index contributed by atoms with van der Waals surface area (Å²) in [5, 5.41) is -2.72. The number of halogens is 4. The molecule has 0 aromatic carbocycles. The number of thioether (sulfide) groups is 1. The monoisotopic (exact) mass is 354 g/mol. The summed E-state index contributed by atoms with van der Waals surface area (Å²) < 4.78 is 46.9. The summed E-state index contributed by atoms with van der Waals surface area (Å²) in [6, 6.07) is 0. The average molecular weight is 355 g/mol. The van der Waals surface area contributed by atoms with Crippen molar-refractivity contribution in [1.82, 2.24) is 0 Å². The van der Waals surface area contributed by atoms with Crippen molar-refractivity contribution < 1.29 is 27.4 Å². The highest BCUT2D eigenvalue weighted by atomic mass is 35.5. The second-order valence-electron chi connectivity index (χ2n) is 3.47. The van der Waals surface area contributed by atoms with Gasteiger partial charge in [0.05, 0.1) is 6.61 Å². The van der Waals surface area contributed by atoms with E-state index in [0.29, 0.717) is 6.61 Å². The number of thiocarbonyl (C=S) groups is 1. The van der Waals surface area contributed by atoms with Crippen LogP contribution in [0.4, 0.5) is 13.2 Å². The normalized spacial score (nSPS) is 13.9. The van der Waals surface area contributed by atoms with Gasteiger partial charge in [0.25, 0.3) is 0 Å². The van der Waals surface area contributed by atoms with Crippen LogP contribution in [0.2, 0.25) is 0 Å². The van der Waals surface area contributed by atoms with Gasteiger partial charge in [-0.2, -0.15) is 13.2 Å². The molecule has 0 aliphatic heterocycles. The molecule has 9 heteroatoms. The lowest BCUT2D eigenvalue weighted by molar-refractivity contribution is -0.141. The van der Waals surface area contributed by atoms with E-state index in [4.69, 9.17) is 33.3 Å². The van der Waals surface area contributed by atoms with Crippen molar-refractivity contribution in [3.8, 4) is 0 Å². The topological polar surface area (TPSA) is 35.5 Å². The number of hydrogen-bond acceptors (Lipinski definition) is 5. The third kappa shape index (κ3) is 10.6. The van der Waals surface area contributed by atoms with Crippen LogP contribution in [0, 0.1) is 0 Å². The Kier molecular flexibility index (Phi) is 11.6. The lowest BCUT2D eigenvalue weighted by atomic mass is 10.2. The van der Waals surface area contributed by atoms with Gasteiger partial charge in [-0.1, -0.05) is 19.2 Å². The minimum Gasteiger partial charge on any atom is -0.479 e. The first kappa shape index (κ1) is 22.1. The fourth-order valence-electron chi connectivity index (χ4n) is 1.01. The van der Waals surface area contributed by atoms with Gasteiger partial charge in [0, 0.05) is 12.2 Å². The molecule has 0 fully saturated rings. The molecule has 0 saturated heterocycles. The molecule has 0 aliphatic carbocycles. The molecule has 2 atom stereocenters. The Hall–Kier alpha value is -0.210. The van der Waals surface area contributed by atoms with Crippen LogP contribution in [0.1, 0.15) is 27.7 Å². The Balaban J connectivity index is 0. The molecule has 3 nitrogen and oxygen atoms in total. The second-order valence-corrected chi connectivity index (χ2v) is 5.90. The molecule has 0 rings (SSSR count). The zero-order chi connectivity index (χ0) is 15.1. The van der Waals surface area contributed by atoms with Crippen molar-refractivity contribution in [3.05, 3.63) is 0 Å². The van der Waals surface area contributed by atoms with Gasteiger partial charge in [-0.3, -0.25) is 4.79 Å². The van der Waals surface area contributed by atoms with Crippen molar-refractivity contribution >= 4 is 45.9 Å². The van der Waals surface area contributed by atoms with E-state index in [9.17, 15) is 18.0 Å². The number of rotatable bonds is 6. The largest absolute Gasteiger partial charge is 0.479 e. The standard InChI is InChI=1S/C10H14ClF3O3S2.CH4/c1-3-16-9(18)19-7(5-17-6(2)15)4-8(11)10(12,13)14;/h7-8H,3-5H2,1-2H3;1H4. The zero-order valence-corrected chi connectivity index (χ0v) is 12.7. The molecule has 0 heterocycles. The molecule has 0 aromatic heterocycles. The fraction of sp³-hybridized carbons (Fsp3) is 0.818. The van der Waals surface area contributed by atoms with E-state index in [1.54, 1.807) is 6.92 Å². The van der Waals surface area contributed by atoms with E-state index in [1.165, 1.54) is 6.92 Å². The zero-order valence-electron chi connectivity index (χ0n) is 10.3. The van der Waals surface area contributed by atoms with Gasteiger partial charge in [0.2, 0.25) is 4.38 Å². The smallest absolute Gasteiger partial charge is 0.404 e. The summed E-state index contributed by atoms with van der Waals surface area (Å²) in [6.45, 7) is 2.99.